The zero-order chi connectivity index (χ0) is 15.2. The smallest absolute Gasteiger partial charge is 0.236 e. The van der Waals surface area contributed by atoms with Gasteiger partial charge in [0, 0.05) is 52.4 Å². The van der Waals surface area contributed by atoms with Gasteiger partial charge >= 0.3 is 0 Å². The van der Waals surface area contributed by atoms with Gasteiger partial charge in [0.1, 0.15) is 0 Å². The van der Waals surface area contributed by atoms with Crippen LogP contribution in [0.15, 0.2) is 0 Å². The van der Waals surface area contributed by atoms with Gasteiger partial charge in [-0.05, 0) is 20.3 Å². The third-order valence-electron chi connectivity index (χ3n) is 4.51. The van der Waals surface area contributed by atoms with Crippen LogP contribution in [-0.2, 0) is 9.59 Å². The van der Waals surface area contributed by atoms with Gasteiger partial charge in [0.2, 0.25) is 11.8 Å². The molecule has 2 fully saturated rings. The van der Waals surface area contributed by atoms with Crippen LogP contribution in [0.1, 0.15) is 20.3 Å². The summed E-state index contributed by atoms with van der Waals surface area (Å²) in [5.74, 6) is 0.655. The maximum Gasteiger partial charge on any atom is 0.236 e. The highest BCUT2D eigenvalue weighted by Crippen LogP contribution is 2.11. The molecule has 6 nitrogen and oxygen atoms in total. The Hall–Kier alpha value is -0.850. The highest BCUT2D eigenvalue weighted by molar-refractivity contribution is 5.85. The first-order chi connectivity index (χ1) is 10.2. The van der Waals surface area contributed by atoms with E-state index in [-0.39, 0.29) is 30.1 Å². The molecule has 2 aliphatic heterocycles. The minimum absolute atomic E-state index is 0. The Balaban J connectivity index is 0.00000242. The summed E-state index contributed by atoms with van der Waals surface area (Å²) >= 11 is 0. The average Bonchev–Trinajstić information content (AvgIpc) is 2.63. The van der Waals surface area contributed by atoms with Crippen LogP contribution in [0, 0.1) is 5.92 Å². The lowest BCUT2D eigenvalue weighted by atomic mass is 10.0. The van der Waals surface area contributed by atoms with Crippen LogP contribution in [0.3, 0.4) is 0 Å². The molecule has 2 heterocycles. The van der Waals surface area contributed by atoms with Crippen LogP contribution in [0.5, 0.6) is 0 Å². The van der Waals surface area contributed by atoms with Gasteiger partial charge in [-0.1, -0.05) is 0 Å². The quantitative estimate of drug-likeness (QED) is 0.772. The highest BCUT2D eigenvalue weighted by Gasteiger charge is 2.30. The average molecular weight is 333 g/mol. The Bertz CT molecular complexity index is 373. The van der Waals surface area contributed by atoms with Gasteiger partial charge in [0.25, 0.3) is 0 Å². The number of carbonyl (C=O) groups excluding carboxylic acids is 2. The van der Waals surface area contributed by atoms with Crippen molar-refractivity contribution in [1.82, 2.24) is 20.0 Å². The number of nitrogens with one attached hydrogen (secondary N) is 1. The number of rotatable bonds is 5. The Labute approximate surface area is 139 Å². The molecule has 0 atom stereocenters. The number of amides is 2. The SMILES string of the molecule is CCN(CC)C(=O)CN1CCCN(C(=O)C2CNC2)CC1.Cl. The van der Waals surface area contributed by atoms with E-state index in [0.29, 0.717) is 6.54 Å². The molecule has 2 amide bonds. The van der Waals surface area contributed by atoms with Gasteiger partial charge in [0.05, 0.1) is 12.5 Å². The van der Waals surface area contributed by atoms with Crippen LogP contribution in [0.2, 0.25) is 0 Å². The monoisotopic (exact) mass is 332 g/mol. The predicted molar refractivity (Wildman–Crippen MR) is 89.2 cm³/mol. The molecule has 0 aliphatic carbocycles. The van der Waals surface area contributed by atoms with E-state index >= 15 is 0 Å². The van der Waals surface area contributed by atoms with Gasteiger partial charge in [0.15, 0.2) is 0 Å². The molecule has 0 radical (unpaired) electrons. The molecular weight excluding hydrogens is 304 g/mol. The predicted octanol–water partition coefficient (Wildman–Crippen LogP) is 0.0303. The molecule has 2 saturated heterocycles. The van der Waals surface area contributed by atoms with E-state index in [4.69, 9.17) is 0 Å². The van der Waals surface area contributed by atoms with E-state index < -0.39 is 0 Å². The Morgan fingerprint density at radius 1 is 1.09 bits per heavy atom. The van der Waals surface area contributed by atoms with Crippen molar-refractivity contribution in [2.24, 2.45) is 5.92 Å². The van der Waals surface area contributed by atoms with Gasteiger partial charge < -0.3 is 15.1 Å². The lowest BCUT2D eigenvalue weighted by Crippen LogP contribution is -2.52. The summed E-state index contributed by atoms with van der Waals surface area (Å²) in [6.07, 6.45) is 0.956. The summed E-state index contributed by atoms with van der Waals surface area (Å²) < 4.78 is 0. The number of hydrogen-bond donors (Lipinski definition) is 1. The van der Waals surface area contributed by atoms with Crippen molar-refractivity contribution in [2.75, 3.05) is 58.9 Å². The van der Waals surface area contributed by atoms with Crippen molar-refractivity contribution in [3.63, 3.8) is 0 Å². The molecule has 2 rings (SSSR count). The van der Waals surface area contributed by atoms with Crippen molar-refractivity contribution >= 4 is 24.2 Å². The van der Waals surface area contributed by atoms with Gasteiger partial charge in [-0.25, -0.2) is 0 Å². The van der Waals surface area contributed by atoms with Crippen LogP contribution in [0.25, 0.3) is 0 Å². The minimum Gasteiger partial charge on any atom is -0.342 e. The summed E-state index contributed by atoms with van der Waals surface area (Å²) in [6, 6.07) is 0. The minimum atomic E-state index is 0. The van der Waals surface area contributed by atoms with Crippen LogP contribution in [0.4, 0.5) is 0 Å². The molecular formula is C15H29ClN4O2. The number of nitrogens with zero attached hydrogens (tertiary/aromatic N) is 3. The first kappa shape index (κ1) is 19.2. The lowest BCUT2D eigenvalue weighted by Gasteiger charge is -2.32. The summed E-state index contributed by atoms with van der Waals surface area (Å²) in [5, 5.41) is 3.15. The van der Waals surface area contributed by atoms with E-state index in [9.17, 15) is 9.59 Å². The van der Waals surface area contributed by atoms with Gasteiger partial charge in [-0.3, -0.25) is 14.5 Å². The molecule has 0 aromatic carbocycles. The number of hydrogen-bond acceptors (Lipinski definition) is 4. The van der Waals surface area contributed by atoms with E-state index in [1.165, 1.54) is 0 Å². The standard InChI is InChI=1S/C15H28N4O2.ClH/c1-3-18(4-2)14(20)12-17-6-5-7-19(9-8-17)15(21)13-10-16-11-13;/h13,16H,3-12H2,1-2H3;1H. The Morgan fingerprint density at radius 2 is 1.77 bits per heavy atom. The zero-order valence-corrected chi connectivity index (χ0v) is 14.5. The first-order valence-corrected chi connectivity index (χ1v) is 8.15. The second-order valence-corrected chi connectivity index (χ2v) is 5.88. The molecule has 22 heavy (non-hydrogen) atoms. The fourth-order valence-corrected chi connectivity index (χ4v) is 2.94. The molecule has 0 saturated carbocycles. The Morgan fingerprint density at radius 3 is 2.32 bits per heavy atom. The lowest BCUT2D eigenvalue weighted by molar-refractivity contribution is -0.136. The molecule has 1 N–H and O–H groups in total. The third kappa shape index (κ3) is 4.83. The summed E-state index contributed by atoms with van der Waals surface area (Å²) in [5.41, 5.74) is 0. The molecule has 7 heteroatoms. The molecule has 0 aromatic heterocycles. The normalized spacial score (nSPS) is 19.8. The van der Waals surface area contributed by atoms with Crippen molar-refractivity contribution in [1.29, 1.82) is 0 Å². The van der Waals surface area contributed by atoms with Crippen molar-refractivity contribution in [3.8, 4) is 0 Å². The molecule has 0 unspecified atom stereocenters. The second kappa shape index (κ2) is 9.33. The topological polar surface area (TPSA) is 55.9 Å². The van der Waals surface area contributed by atoms with E-state index in [2.05, 4.69) is 10.2 Å². The highest BCUT2D eigenvalue weighted by atomic mass is 35.5. The van der Waals surface area contributed by atoms with E-state index in [1.54, 1.807) is 0 Å². The number of likely N-dealkylation sites (N-methyl/N-ethyl adjacent to an activating group) is 1. The molecule has 128 valence electrons. The third-order valence-corrected chi connectivity index (χ3v) is 4.51. The first-order valence-electron chi connectivity index (χ1n) is 8.15. The van der Waals surface area contributed by atoms with Crippen LogP contribution < -0.4 is 5.32 Å². The fourth-order valence-electron chi connectivity index (χ4n) is 2.94. The molecule has 0 spiro atoms. The largest absolute Gasteiger partial charge is 0.342 e. The van der Waals surface area contributed by atoms with E-state index in [0.717, 1.165) is 58.8 Å². The van der Waals surface area contributed by atoms with E-state index in [1.807, 2.05) is 23.6 Å². The number of carbonyl (C=O) groups is 2. The maximum absolute atomic E-state index is 12.3. The summed E-state index contributed by atoms with van der Waals surface area (Å²) in [4.78, 5) is 30.5. The molecule has 2 aliphatic rings. The van der Waals surface area contributed by atoms with Crippen molar-refractivity contribution in [3.05, 3.63) is 0 Å². The maximum atomic E-state index is 12.3. The molecule has 0 aromatic rings. The van der Waals surface area contributed by atoms with Gasteiger partial charge in [-0.15, -0.1) is 12.4 Å². The second-order valence-electron chi connectivity index (χ2n) is 5.88. The number of halogens is 1. The summed E-state index contributed by atoms with van der Waals surface area (Å²) in [7, 11) is 0. The Kier molecular flexibility index (Phi) is 8.14. The van der Waals surface area contributed by atoms with Crippen LogP contribution in [-0.4, -0.2) is 85.4 Å². The van der Waals surface area contributed by atoms with Crippen molar-refractivity contribution < 1.29 is 9.59 Å². The zero-order valence-electron chi connectivity index (χ0n) is 13.7. The summed E-state index contributed by atoms with van der Waals surface area (Å²) in [6.45, 7) is 11.0. The van der Waals surface area contributed by atoms with Gasteiger partial charge in [-0.2, -0.15) is 0 Å². The fraction of sp³-hybridized carbons (Fsp3) is 0.867. The van der Waals surface area contributed by atoms with Crippen molar-refractivity contribution in [2.45, 2.75) is 20.3 Å². The van der Waals surface area contributed by atoms with Crippen LogP contribution >= 0.6 is 12.4 Å². The molecule has 0 bridgehead atoms.